The minimum absolute atomic E-state index is 0.123. The van der Waals surface area contributed by atoms with Crippen LogP contribution in [-0.2, 0) is 0 Å². The molecule has 0 aliphatic rings. The van der Waals surface area contributed by atoms with Crippen LogP contribution in [0.15, 0.2) is 24.3 Å². The Kier molecular flexibility index (Phi) is 2.71. The van der Waals surface area contributed by atoms with E-state index < -0.39 is 6.10 Å². The monoisotopic (exact) mass is 166 g/mol. The predicted molar refractivity (Wildman–Crippen MR) is 47.9 cm³/mol. The van der Waals surface area contributed by atoms with Crippen molar-refractivity contribution in [2.24, 2.45) is 5.92 Å². The molecule has 1 rings (SSSR count). The first-order valence-corrected chi connectivity index (χ1v) is 4.09. The van der Waals surface area contributed by atoms with Gasteiger partial charge in [-0.25, -0.2) is 0 Å². The molecule has 0 saturated carbocycles. The number of hydrogen-bond donors (Lipinski definition) is 2. The van der Waals surface area contributed by atoms with Crippen LogP contribution in [0.5, 0.6) is 5.75 Å². The fourth-order valence-corrected chi connectivity index (χ4v) is 1.10. The van der Waals surface area contributed by atoms with Gasteiger partial charge in [0.1, 0.15) is 5.75 Å². The molecular weight excluding hydrogens is 152 g/mol. The first kappa shape index (κ1) is 9.07. The lowest BCUT2D eigenvalue weighted by Gasteiger charge is -2.15. The lowest BCUT2D eigenvalue weighted by molar-refractivity contribution is 0.124. The minimum atomic E-state index is -0.578. The van der Waals surface area contributed by atoms with Gasteiger partial charge in [-0.2, -0.15) is 0 Å². The fraction of sp³-hybridized carbons (Fsp3) is 0.400. The molecule has 1 atom stereocenters. The zero-order chi connectivity index (χ0) is 9.14. The zero-order valence-electron chi connectivity index (χ0n) is 7.36. The molecule has 0 spiro atoms. The number of phenolic OH excluding ortho intramolecular Hbond substituents is 1. The van der Waals surface area contributed by atoms with E-state index in [4.69, 9.17) is 0 Å². The third-order valence-corrected chi connectivity index (χ3v) is 1.89. The largest absolute Gasteiger partial charge is 0.508 e. The molecular formula is C10H14O2. The number of phenols is 1. The van der Waals surface area contributed by atoms with E-state index in [0.717, 1.165) is 0 Å². The second-order valence-electron chi connectivity index (χ2n) is 3.25. The van der Waals surface area contributed by atoms with Crippen LogP contribution in [0, 0.1) is 5.92 Å². The molecule has 0 amide bonds. The number of hydrogen-bond acceptors (Lipinski definition) is 2. The molecule has 12 heavy (non-hydrogen) atoms. The predicted octanol–water partition coefficient (Wildman–Crippen LogP) is 2.08. The highest BCUT2D eigenvalue weighted by Gasteiger charge is 2.14. The first-order valence-electron chi connectivity index (χ1n) is 4.09. The summed E-state index contributed by atoms with van der Waals surface area (Å²) in [4.78, 5) is 0. The number of benzene rings is 1. The molecule has 66 valence electrons. The molecule has 0 heterocycles. The highest BCUT2D eigenvalue weighted by atomic mass is 16.3. The van der Waals surface area contributed by atoms with Gasteiger partial charge in [0, 0.05) is 5.56 Å². The van der Waals surface area contributed by atoms with Crippen LogP contribution in [-0.4, -0.2) is 10.2 Å². The first-order chi connectivity index (χ1) is 5.63. The average Bonchev–Trinajstić information content (AvgIpc) is 2.04. The van der Waals surface area contributed by atoms with Crippen molar-refractivity contribution in [3.05, 3.63) is 29.8 Å². The fourth-order valence-electron chi connectivity index (χ4n) is 1.10. The van der Waals surface area contributed by atoms with Crippen molar-refractivity contribution < 1.29 is 10.2 Å². The molecule has 2 N–H and O–H groups in total. The van der Waals surface area contributed by atoms with Crippen LogP contribution in [0.3, 0.4) is 0 Å². The van der Waals surface area contributed by atoms with Crippen LogP contribution >= 0.6 is 0 Å². The van der Waals surface area contributed by atoms with Crippen molar-refractivity contribution in [3.63, 3.8) is 0 Å². The van der Waals surface area contributed by atoms with Gasteiger partial charge in [-0.1, -0.05) is 32.0 Å². The van der Waals surface area contributed by atoms with Gasteiger partial charge in [-0.15, -0.1) is 0 Å². The van der Waals surface area contributed by atoms with Crippen molar-refractivity contribution >= 4 is 0 Å². The zero-order valence-corrected chi connectivity index (χ0v) is 7.36. The summed E-state index contributed by atoms with van der Waals surface area (Å²) in [7, 11) is 0. The Morgan fingerprint density at radius 1 is 1.17 bits per heavy atom. The average molecular weight is 166 g/mol. The maximum Gasteiger partial charge on any atom is 0.121 e. The van der Waals surface area contributed by atoms with E-state index in [-0.39, 0.29) is 11.7 Å². The molecule has 1 aromatic rings. The number of rotatable bonds is 2. The molecule has 1 aromatic carbocycles. The van der Waals surface area contributed by atoms with Crippen molar-refractivity contribution in [2.45, 2.75) is 20.0 Å². The highest BCUT2D eigenvalue weighted by molar-refractivity contribution is 5.33. The topological polar surface area (TPSA) is 40.5 Å². The lowest BCUT2D eigenvalue weighted by Crippen LogP contribution is -2.05. The van der Waals surface area contributed by atoms with Crippen LogP contribution in [0.1, 0.15) is 25.5 Å². The second kappa shape index (κ2) is 3.59. The van der Waals surface area contributed by atoms with Gasteiger partial charge < -0.3 is 10.2 Å². The van der Waals surface area contributed by atoms with Gasteiger partial charge in [0.15, 0.2) is 0 Å². The van der Waals surface area contributed by atoms with E-state index in [0.29, 0.717) is 5.56 Å². The maximum atomic E-state index is 9.62. The molecule has 0 aromatic heterocycles. The molecule has 0 fully saturated rings. The van der Waals surface area contributed by atoms with Crippen LogP contribution in [0.2, 0.25) is 0 Å². The SMILES string of the molecule is CC(C)C(O)c1ccccc1O. The summed E-state index contributed by atoms with van der Waals surface area (Å²) in [5.41, 5.74) is 0.604. The smallest absolute Gasteiger partial charge is 0.121 e. The standard InChI is InChI=1S/C10H14O2/c1-7(2)10(12)8-5-3-4-6-9(8)11/h3-7,10-12H,1-2H3. The Hall–Kier alpha value is -1.02. The maximum absolute atomic E-state index is 9.62. The molecule has 2 heteroatoms. The minimum Gasteiger partial charge on any atom is -0.508 e. The van der Waals surface area contributed by atoms with E-state index in [2.05, 4.69) is 0 Å². The van der Waals surface area contributed by atoms with E-state index in [1.54, 1.807) is 24.3 Å². The molecule has 0 saturated heterocycles. The Labute approximate surface area is 72.5 Å². The summed E-state index contributed by atoms with van der Waals surface area (Å²) >= 11 is 0. The van der Waals surface area contributed by atoms with Gasteiger partial charge >= 0.3 is 0 Å². The Balaban J connectivity index is 2.94. The highest BCUT2D eigenvalue weighted by Crippen LogP contribution is 2.28. The normalized spacial score (nSPS) is 13.3. The van der Waals surface area contributed by atoms with Gasteiger partial charge in [-0.3, -0.25) is 0 Å². The van der Waals surface area contributed by atoms with E-state index in [9.17, 15) is 10.2 Å². The van der Waals surface area contributed by atoms with E-state index in [1.807, 2.05) is 13.8 Å². The lowest BCUT2D eigenvalue weighted by atomic mass is 9.98. The van der Waals surface area contributed by atoms with Gasteiger partial charge in [0.25, 0.3) is 0 Å². The molecule has 0 radical (unpaired) electrons. The molecule has 1 unspecified atom stereocenters. The van der Waals surface area contributed by atoms with Crippen LogP contribution in [0.25, 0.3) is 0 Å². The third kappa shape index (κ3) is 1.77. The summed E-state index contributed by atoms with van der Waals surface area (Å²) in [6.07, 6.45) is -0.578. The molecule has 0 bridgehead atoms. The van der Waals surface area contributed by atoms with E-state index in [1.165, 1.54) is 0 Å². The number of aliphatic hydroxyl groups is 1. The van der Waals surface area contributed by atoms with Crippen LogP contribution < -0.4 is 0 Å². The summed E-state index contributed by atoms with van der Waals surface area (Å²) in [5, 5.41) is 19.0. The third-order valence-electron chi connectivity index (χ3n) is 1.89. The summed E-state index contributed by atoms with van der Waals surface area (Å²) in [5.74, 6) is 0.289. The molecule has 0 aliphatic heterocycles. The van der Waals surface area contributed by atoms with Crippen molar-refractivity contribution in [1.29, 1.82) is 0 Å². The summed E-state index contributed by atoms with van der Waals surface area (Å²) in [6, 6.07) is 6.87. The molecule has 2 nitrogen and oxygen atoms in total. The Morgan fingerprint density at radius 3 is 2.25 bits per heavy atom. The number of aromatic hydroxyl groups is 1. The van der Waals surface area contributed by atoms with Crippen molar-refractivity contribution in [3.8, 4) is 5.75 Å². The Morgan fingerprint density at radius 2 is 1.75 bits per heavy atom. The number of para-hydroxylation sites is 1. The Bertz CT molecular complexity index is 256. The summed E-state index contributed by atoms with van der Waals surface area (Å²) < 4.78 is 0. The number of aliphatic hydroxyl groups excluding tert-OH is 1. The van der Waals surface area contributed by atoms with Crippen molar-refractivity contribution in [1.82, 2.24) is 0 Å². The molecule has 0 aliphatic carbocycles. The van der Waals surface area contributed by atoms with E-state index >= 15 is 0 Å². The summed E-state index contributed by atoms with van der Waals surface area (Å²) in [6.45, 7) is 3.83. The quantitative estimate of drug-likeness (QED) is 0.706. The van der Waals surface area contributed by atoms with Gasteiger partial charge in [0.2, 0.25) is 0 Å². The van der Waals surface area contributed by atoms with Crippen molar-refractivity contribution in [2.75, 3.05) is 0 Å². The second-order valence-corrected chi connectivity index (χ2v) is 3.25. The van der Waals surface area contributed by atoms with Crippen LogP contribution in [0.4, 0.5) is 0 Å². The van der Waals surface area contributed by atoms with Gasteiger partial charge in [-0.05, 0) is 12.0 Å². The van der Waals surface area contributed by atoms with Gasteiger partial charge in [0.05, 0.1) is 6.10 Å².